The SMILES string of the molecule is CC(C)=CCCC(C)C1=C(OC(C)(C)C)C(=O)C(C)=CC1=O. The fourth-order valence-corrected chi connectivity index (χ4v) is 2.39. The molecule has 0 saturated heterocycles. The summed E-state index contributed by atoms with van der Waals surface area (Å²) in [4.78, 5) is 24.8. The first-order valence-corrected chi connectivity index (χ1v) is 7.87. The van der Waals surface area contributed by atoms with Crippen LogP contribution in [0.3, 0.4) is 0 Å². The van der Waals surface area contributed by atoms with E-state index >= 15 is 0 Å². The van der Waals surface area contributed by atoms with E-state index in [4.69, 9.17) is 4.74 Å². The van der Waals surface area contributed by atoms with Crippen LogP contribution >= 0.6 is 0 Å². The maximum atomic E-state index is 12.4. The monoisotopic (exact) mass is 304 g/mol. The average Bonchev–Trinajstić information content (AvgIpc) is 2.33. The third kappa shape index (κ3) is 4.97. The standard InChI is InChI=1S/C19H28O3/c1-12(2)9-8-10-13(3)16-15(20)11-14(4)17(21)18(16)22-19(5,6)7/h9,11,13H,8,10H2,1-7H3. The Bertz CT molecular complexity index is 550. The molecule has 3 heteroatoms. The van der Waals surface area contributed by atoms with E-state index in [1.54, 1.807) is 6.92 Å². The lowest BCUT2D eigenvalue weighted by molar-refractivity contribution is -0.121. The molecule has 0 saturated carbocycles. The minimum absolute atomic E-state index is 0.00579. The zero-order valence-corrected chi connectivity index (χ0v) is 14.9. The Morgan fingerprint density at radius 1 is 1.27 bits per heavy atom. The van der Waals surface area contributed by atoms with E-state index in [1.165, 1.54) is 11.6 Å². The van der Waals surface area contributed by atoms with Crippen LogP contribution in [0.25, 0.3) is 0 Å². The quantitative estimate of drug-likeness (QED) is 0.553. The molecule has 0 N–H and O–H groups in total. The Morgan fingerprint density at radius 3 is 2.36 bits per heavy atom. The van der Waals surface area contributed by atoms with Crippen molar-refractivity contribution >= 4 is 11.6 Å². The lowest BCUT2D eigenvalue weighted by Gasteiger charge is -2.28. The Kier molecular flexibility index (Phi) is 5.92. The van der Waals surface area contributed by atoms with Crippen LogP contribution in [-0.2, 0) is 14.3 Å². The number of Topliss-reactive ketones (excluding diaryl/α,β-unsaturated/α-hetero) is 1. The van der Waals surface area contributed by atoms with Crippen molar-refractivity contribution < 1.29 is 14.3 Å². The van der Waals surface area contributed by atoms with Crippen molar-refractivity contribution in [3.63, 3.8) is 0 Å². The number of hydrogen-bond donors (Lipinski definition) is 0. The summed E-state index contributed by atoms with van der Waals surface area (Å²) in [7, 11) is 0. The third-order valence-electron chi connectivity index (χ3n) is 3.48. The highest BCUT2D eigenvalue weighted by molar-refractivity contribution is 6.21. The predicted molar refractivity (Wildman–Crippen MR) is 89.5 cm³/mol. The number of rotatable bonds is 5. The summed E-state index contributed by atoms with van der Waals surface area (Å²) < 4.78 is 5.85. The zero-order chi connectivity index (χ0) is 17.1. The lowest BCUT2D eigenvalue weighted by Crippen LogP contribution is -2.29. The van der Waals surface area contributed by atoms with E-state index < -0.39 is 5.60 Å². The molecular weight excluding hydrogens is 276 g/mol. The van der Waals surface area contributed by atoms with E-state index in [9.17, 15) is 9.59 Å². The number of carbonyl (C=O) groups is 2. The summed E-state index contributed by atoms with van der Waals surface area (Å²) in [5.74, 6) is -0.0319. The molecule has 0 aromatic rings. The third-order valence-corrected chi connectivity index (χ3v) is 3.48. The highest BCUT2D eigenvalue weighted by atomic mass is 16.5. The van der Waals surface area contributed by atoms with Crippen molar-refractivity contribution in [3.05, 3.63) is 34.6 Å². The Hall–Kier alpha value is -1.64. The molecule has 3 nitrogen and oxygen atoms in total. The van der Waals surface area contributed by atoms with Gasteiger partial charge in [-0.1, -0.05) is 18.6 Å². The number of ether oxygens (including phenoxy) is 1. The molecule has 0 heterocycles. The molecule has 1 rings (SSSR count). The maximum Gasteiger partial charge on any atom is 0.223 e. The molecule has 0 amide bonds. The van der Waals surface area contributed by atoms with Gasteiger partial charge in [0.2, 0.25) is 5.78 Å². The molecule has 1 aliphatic rings. The van der Waals surface area contributed by atoms with Gasteiger partial charge in [-0.25, -0.2) is 0 Å². The van der Waals surface area contributed by atoms with Gasteiger partial charge < -0.3 is 4.74 Å². The predicted octanol–water partition coefficient (Wildman–Crippen LogP) is 4.54. The number of carbonyl (C=O) groups excluding carboxylic acids is 2. The highest BCUT2D eigenvalue weighted by Crippen LogP contribution is 2.31. The van der Waals surface area contributed by atoms with E-state index in [1.807, 2.05) is 27.7 Å². The molecule has 1 unspecified atom stereocenters. The van der Waals surface area contributed by atoms with Crippen molar-refractivity contribution in [2.24, 2.45) is 5.92 Å². The van der Waals surface area contributed by atoms with Gasteiger partial charge in [0.15, 0.2) is 11.5 Å². The molecule has 0 aromatic carbocycles. The molecule has 22 heavy (non-hydrogen) atoms. The summed E-state index contributed by atoms with van der Waals surface area (Å²) in [5.41, 5.74) is 1.72. The van der Waals surface area contributed by atoms with E-state index in [0.717, 1.165) is 12.8 Å². The molecule has 0 spiro atoms. The van der Waals surface area contributed by atoms with Crippen LogP contribution in [0, 0.1) is 5.92 Å². The van der Waals surface area contributed by atoms with Crippen LogP contribution in [0.1, 0.15) is 61.3 Å². The first-order valence-electron chi connectivity index (χ1n) is 7.87. The smallest absolute Gasteiger partial charge is 0.223 e. The zero-order valence-electron chi connectivity index (χ0n) is 14.9. The van der Waals surface area contributed by atoms with Gasteiger partial charge in [-0.15, -0.1) is 0 Å². The molecule has 0 aromatic heterocycles. The second-order valence-corrected chi connectivity index (χ2v) is 7.24. The lowest BCUT2D eigenvalue weighted by atomic mass is 9.85. The van der Waals surface area contributed by atoms with E-state index in [-0.39, 0.29) is 23.2 Å². The topological polar surface area (TPSA) is 43.4 Å². The normalized spacial score (nSPS) is 17.3. The molecule has 0 fully saturated rings. The Labute approximate surface area is 134 Å². The van der Waals surface area contributed by atoms with E-state index in [2.05, 4.69) is 19.9 Å². The fourth-order valence-electron chi connectivity index (χ4n) is 2.39. The largest absolute Gasteiger partial charge is 0.484 e. The number of hydrogen-bond acceptors (Lipinski definition) is 3. The molecule has 0 aliphatic heterocycles. The van der Waals surface area contributed by atoms with Crippen molar-refractivity contribution in [3.8, 4) is 0 Å². The number of ketones is 2. The summed E-state index contributed by atoms with van der Waals surface area (Å²) in [5, 5.41) is 0. The van der Waals surface area contributed by atoms with Gasteiger partial charge in [0, 0.05) is 11.1 Å². The molecule has 0 radical (unpaired) electrons. The summed E-state index contributed by atoms with van der Waals surface area (Å²) in [6.07, 6.45) is 5.30. The summed E-state index contributed by atoms with van der Waals surface area (Å²) in [6.45, 7) is 13.4. The van der Waals surface area contributed by atoms with E-state index in [0.29, 0.717) is 11.1 Å². The van der Waals surface area contributed by atoms with Gasteiger partial charge in [0.05, 0.1) is 0 Å². The van der Waals surface area contributed by atoms with Crippen LogP contribution in [0.2, 0.25) is 0 Å². The molecule has 1 aliphatic carbocycles. The minimum Gasteiger partial charge on any atom is -0.484 e. The summed E-state index contributed by atoms with van der Waals surface area (Å²) in [6, 6.07) is 0. The molecular formula is C19H28O3. The van der Waals surface area contributed by atoms with Gasteiger partial charge in [-0.2, -0.15) is 0 Å². The Balaban J connectivity index is 3.13. The second-order valence-electron chi connectivity index (χ2n) is 7.24. The minimum atomic E-state index is -0.506. The van der Waals surface area contributed by atoms with Crippen molar-refractivity contribution in [2.75, 3.05) is 0 Å². The molecule has 1 atom stereocenters. The van der Waals surface area contributed by atoms with Gasteiger partial charge in [0.25, 0.3) is 0 Å². The highest BCUT2D eigenvalue weighted by Gasteiger charge is 2.33. The van der Waals surface area contributed by atoms with Crippen LogP contribution < -0.4 is 0 Å². The fraction of sp³-hybridized carbons (Fsp3) is 0.579. The summed E-state index contributed by atoms with van der Waals surface area (Å²) >= 11 is 0. The first-order chi connectivity index (χ1) is 10.0. The maximum absolute atomic E-state index is 12.4. The van der Waals surface area contributed by atoms with Crippen LogP contribution in [0.5, 0.6) is 0 Å². The van der Waals surface area contributed by atoms with Crippen LogP contribution in [-0.4, -0.2) is 17.2 Å². The first kappa shape index (κ1) is 18.4. The van der Waals surface area contributed by atoms with Gasteiger partial charge in [-0.05, 0) is 66.4 Å². The second kappa shape index (κ2) is 7.08. The number of allylic oxidation sites excluding steroid dienone is 5. The van der Waals surface area contributed by atoms with Gasteiger partial charge in [-0.3, -0.25) is 9.59 Å². The van der Waals surface area contributed by atoms with Gasteiger partial charge in [0.1, 0.15) is 5.60 Å². The van der Waals surface area contributed by atoms with Crippen molar-refractivity contribution in [1.29, 1.82) is 0 Å². The average molecular weight is 304 g/mol. The Morgan fingerprint density at radius 2 is 1.86 bits per heavy atom. The molecule has 122 valence electrons. The van der Waals surface area contributed by atoms with Gasteiger partial charge >= 0.3 is 0 Å². The van der Waals surface area contributed by atoms with Crippen molar-refractivity contribution in [1.82, 2.24) is 0 Å². The molecule has 0 bridgehead atoms. The van der Waals surface area contributed by atoms with Crippen LogP contribution in [0.4, 0.5) is 0 Å². The van der Waals surface area contributed by atoms with Crippen molar-refractivity contribution in [2.45, 2.75) is 66.9 Å². The van der Waals surface area contributed by atoms with Crippen LogP contribution in [0.15, 0.2) is 34.6 Å².